The van der Waals surface area contributed by atoms with Crippen molar-refractivity contribution >= 4 is 73.9 Å². The highest BCUT2D eigenvalue weighted by Gasteiger charge is 2.34. The highest BCUT2D eigenvalue weighted by Crippen LogP contribution is 2.35. The molecule has 2 rings (SSSR count). The largest absolute Gasteiger partial charge is 0.350 e. The smallest absolute Gasteiger partial charge is 0.244 e. The standard InChI is InChI=1S/C24H29Cl4N3O4S/c1-6-20(23(33)29-24(2,3)4)30(13-15-9-7-8-10-16(15)25)22(32)14-31(36(5,34)35)21-12-18(27)17(26)11-19(21)28/h7-12,20H,6,13-14H2,1-5H3,(H,29,33). The van der Waals surface area contributed by atoms with Crippen LogP contribution in [0.1, 0.15) is 39.7 Å². The summed E-state index contributed by atoms with van der Waals surface area (Å²) in [5.74, 6) is -0.998. The first-order valence-corrected chi connectivity index (χ1v) is 14.4. The molecule has 1 atom stereocenters. The third-order valence-corrected chi connectivity index (χ3v) is 7.64. The van der Waals surface area contributed by atoms with Crippen molar-refractivity contribution in [2.75, 3.05) is 17.1 Å². The van der Waals surface area contributed by atoms with Crippen LogP contribution in [0.2, 0.25) is 20.1 Å². The average Bonchev–Trinajstić information content (AvgIpc) is 2.74. The zero-order valence-electron chi connectivity index (χ0n) is 20.6. The predicted molar refractivity (Wildman–Crippen MR) is 148 cm³/mol. The molecule has 0 radical (unpaired) electrons. The van der Waals surface area contributed by atoms with E-state index in [1.807, 2.05) is 20.8 Å². The molecule has 1 unspecified atom stereocenters. The second-order valence-corrected chi connectivity index (χ2v) is 12.8. The first-order chi connectivity index (χ1) is 16.5. The van der Waals surface area contributed by atoms with Crippen molar-refractivity contribution in [1.29, 1.82) is 0 Å². The minimum absolute atomic E-state index is 0.00204. The first-order valence-electron chi connectivity index (χ1n) is 11.0. The van der Waals surface area contributed by atoms with E-state index >= 15 is 0 Å². The van der Waals surface area contributed by atoms with E-state index in [1.165, 1.54) is 17.0 Å². The number of sulfonamides is 1. The van der Waals surface area contributed by atoms with Gasteiger partial charge in [-0.25, -0.2) is 8.42 Å². The van der Waals surface area contributed by atoms with Gasteiger partial charge in [0.1, 0.15) is 12.6 Å². The molecule has 7 nitrogen and oxygen atoms in total. The van der Waals surface area contributed by atoms with Crippen LogP contribution >= 0.6 is 46.4 Å². The Labute approximate surface area is 232 Å². The number of hydrogen-bond donors (Lipinski definition) is 1. The van der Waals surface area contributed by atoms with Crippen molar-refractivity contribution in [3.8, 4) is 0 Å². The molecule has 0 saturated heterocycles. The van der Waals surface area contributed by atoms with Crippen molar-refractivity contribution in [3.63, 3.8) is 0 Å². The molecular formula is C24H29Cl4N3O4S. The lowest BCUT2D eigenvalue weighted by molar-refractivity contribution is -0.141. The number of hydrogen-bond acceptors (Lipinski definition) is 4. The van der Waals surface area contributed by atoms with Crippen molar-refractivity contribution in [3.05, 3.63) is 62.1 Å². The minimum atomic E-state index is -3.99. The topological polar surface area (TPSA) is 86.8 Å². The molecule has 12 heteroatoms. The summed E-state index contributed by atoms with van der Waals surface area (Å²) in [5.41, 5.74) is 0.0514. The third-order valence-electron chi connectivity index (χ3n) is 5.12. The molecule has 0 aliphatic carbocycles. The molecule has 0 fully saturated rings. The summed E-state index contributed by atoms with van der Waals surface area (Å²) >= 11 is 24.7. The van der Waals surface area contributed by atoms with Crippen LogP contribution in [0.3, 0.4) is 0 Å². The summed E-state index contributed by atoms with van der Waals surface area (Å²) in [6.07, 6.45) is 1.23. The molecule has 2 aromatic rings. The molecule has 2 amide bonds. The highest BCUT2D eigenvalue weighted by atomic mass is 35.5. The van der Waals surface area contributed by atoms with Gasteiger partial charge in [0.15, 0.2) is 0 Å². The first kappa shape index (κ1) is 30.5. The molecule has 0 aliphatic heterocycles. The van der Waals surface area contributed by atoms with E-state index in [4.69, 9.17) is 46.4 Å². The van der Waals surface area contributed by atoms with Crippen LogP contribution in [0, 0.1) is 0 Å². The zero-order chi connectivity index (χ0) is 27.4. The molecule has 0 bridgehead atoms. The maximum absolute atomic E-state index is 13.7. The number of amides is 2. The molecule has 0 heterocycles. The Morgan fingerprint density at radius 1 is 0.972 bits per heavy atom. The van der Waals surface area contributed by atoms with E-state index in [0.717, 1.165) is 10.6 Å². The number of benzene rings is 2. The van der Waals surface area contributed by atoms with Crippen LogP contribution in [0.15, 0.2) is 36.4 Å². The van der Waals surface area contributed by atoms with E-state index in [9.17, 15) is 18.0 Å². The lowest BCUT2D eigenvalue weighted by Crippen LogP contribution is -2.55. The summed E-state index contributed by atoms with van der Waals surface area (Å²) in [6, 6.07) is 8.62. The number of nitrogens with zero attached hydrogens (tertiary/aromatic N) is 2. The van der Waals surface area contributed by atoms with E-state index in [1.54, 1.807) is 31.2 Å². The summed E-state index contributed by atoms with van der Waals surface area (Å²) in [4.78, 5) is 28.2. The van der Waals surface area contributed by atoms with Crippen LogP contribution in [0.4, 0.5) is 5.69 Å². The number of carbonyl (C=O) groups is 2. The Morgan fingerprint density at radius 3 is 2.08 bits per heavy atom. The summed E-state index contributed by atoms with van der Waals surface area (Å²) in [5, 5.41) is 3.51. The molecule has 0 aliphatic rings. The van der Waals surface area contributed by atoms with E-state index in [-0.39, 0.29) is 39.6 Å². The Bertz CT molecular complexity index is 1230. The summed E-state index contributed by atoms with van der Waals surface area (Å²) in [7, 11) is -3.99. The highest BCUT2D eigenvalue weighted by molar-refractivity contribution is 7.92. The monoisotopic (exact) mass is 595 g/mol. The van der Waals surface area contributed by atoms with E-state index < -0.39 is 34.1 Å². The van der Waals surface area contributed by atoms with Gasteiger partial charge in [0.2, 0.25) is 21.8 Å². The molecule has 36 heavy (non-hydrogen) atoms. The molecule has 1 N–H and O–H groups in total. The van der Waals surface area contributed by atoms with Crippen molar-refractivity contribution < 1.29 is 18.0 Å². The number of anilines is 1. The average molecular weight is 597 g/mol. The SMILES string of the molecule is CCC(C(=O)NC(C)(C)C)N(Cc1ccccc1Cl)C(=O)CN(c1cc(Cl)c(Cl)cc1Cl)S(C)(=O)=O. The summed E-state index contributed by atoms with van der Waals surface area (Å²) in [6.45, 7) is 6.62. The Hall–Kier alpha value is -1.71. The van der Waals surface area contributed by atoms with Crippen LogP contribution in [0.5, 0.6) is 0 Å². The van der Waals surface area contributed by atoms with Crippen molar-refractivity contribution in [2.45, 2.75) is 52.2 Å². The van der Waals surface area contributed by atoms with Crippen molar-refractivity contribution in [1.82, 2.24) is 10.2 Å². The van der Waals surface area contributed by atoms with Crippen LogP contribution in [-0.4, -0.2) is 49.5 Å². The van der Waals surface area contributed by atoms with Crippen LogP contribution < -0.4 is 9.62 Å². The van der Waals surface area contributed by atoms with Gasteiger partial charge in [0, 0.05) is 17.1 Å². The number of nitrogens with one attached hydrogen (secondary N) is 1. The van der Waals surface area contributed by atoms with Gasteiger partial charge < -0.3 is 10.2 Å². The van der Waals surface area contributed by atoms with Gasteiger partial charge in [-0.15, -0.1) is 0 Å². The Balaban J connectivity index is 2.54. The maximum atomic E-state index is 13.7. The fraction of sp³-hybridized carbons (Fsp3) is 0.417. The van der Waals surface area contributed by atoms with Gasteiger partial charge in [0.05, 0.1) is 27.0 Å². The van der Waals surface area contributed by atoms with Gasteiger partial charge >= 0.3 is 0 Å². The molecule has 2 aromatic carbocycles. The number of rotatable bonds is 9. The minimum Gasteiger partial charge on any atom is -0.350 e. The van der Waals surface area contributed by atoms with Gasteiger partial charge in [-0.1, -0.05) is 71.5 Å². The molecular weight excluding hydrogens is 568 g/mol. The second kappa shape index (κ2) is 12.2. The second-order valence-electron chi connectivity index (χ2n) is 9.26. The molecule has 0 aromatic heterocycles. The zero-order valence-corrected chi connectivity index (χ0v) is 24.5. The normalized spacial score (nSPS) is 12.7. The lowest BCUT2D eigenvalue weighted by atomic mass is 10.1. The van der Waals surface area contributed by atoms with Crippen LogP contribution in [-0.2, 0) is 26.2 Å². The summed E-state index contributed by atoms with van der Waals surface area (Å²) < 4.78 is 26.3. The molecule has 198 valence electrons. The third kappa shape index (κ3) is 8.15. The van der Waals surface area contributed by atoms with E-state index in [0.29, 0.717) is 10.6 Å². The quantitative estimate of drug-likeness (QED) is 0.371. The molecule has 0 spiro atoms. The molecule has 0 saturated carbocycles. The van der Waals surface area contributed by atoms with Gasteiger partial charge in [-0.2, -0.15) is 0 Å². The van der Waals surface area contributed by atoms with Gasteiger partial charge in [0.25, 0.3) is 0 Å². The van der Waals surface area contributed by atoms with Gasteiger partial charge in [-0.05, 0) is 51.0 Å². The number of carbonyl (C=O) groups excluding carboxylic acids is 2. The van der Waals surface area contributed by atoms with E-state index in [2.05, 4.69) is 5.32 Å². The Kier molecular flexibility index (Phi) is 10.4. The van der Waals surface area contributed by atoms with Crippen LogP contribution in [0.25, 0.3) is 0 Å². The number of halogens is 4. The predicted octanol–water partition coefficient (Wildman–Crippen LogP) is 5.79. The Morgan fingerprint density at radius 2 is 1.56 bits per heavy atom. The maximum Gasteiger partial charge on any atom is 0.244 e. The lowest BCUT2D eigenvalue weighted by Gasteiger charge is -2.34. The van der Waals surface area contributed by atoms with Crippen molar-refractivity contribution in [2.24, 2.45) is 0 Å². The fourth-order valence-electron chi connectivity index (χ4n) is 3.48. The fourth-order valence-corrected chi connectivity index (χ4v) is 5.22. The van der Waals surface area contributed by atoms with Gasteiger partial charge in [-0.3, -0.25) is 13.9 Å².